The Labute approximate surface area is 98.0 Å². The molecular formula is C10H15N3O2S. The molecule has 1 amide bonds. The van der Waals surface area contributed by atoms with Crippen LogP contribution in [0.5, 0.6) is 0 Å². The molecule has 0 bridgehead atoms. The van der Waals surface area contributed by atoms with Crippen LogP contribution in [0.2, 0.25) is 0 Å². The molecule has 1 atom stereocenters. The molecule has 0 aliphatic carbocycles. The van der Waals surface area contributed by atoms with Crippen LogP contribution in [0.25, 0.3) is 0 Å². The van der Waals surface area contributed by atoms with Crippen molar-refractivity contribution in [1.29, 1.82) is 0 Å². The lowest BCUT2D eigenvalue weighted by Gasteiger charge is -2.14. The van der Waals surface area contributed by atoms with Crippen molar-refractivity contribution in [3.05, 3.63) is 28.2 Å². The van der Waals surface area contributed by atoms with Crippen molar-refractivity contribution in [2.24, 2.45) is 0 Å². The third kappa shape index (κ3) is 3.69. The smallest absolute Gasteiger partial charge is 0.271 e. The Bertz CT molecular complexity index is 385. The molecule has 0 radical (unpaired) electrons. The molecule has 0 aromatic carbocycles. The Hall–Kier alpha value is -1.30. The quantitative estimate of drug-likeness (QED) is 0.793. The van der Waals surface area contributed by atoms with Crippen molar-refractivity contribution < 1.29 is 4.79 Å². The minimum Gasteiger partial charge on any atom is -0.347 e. The molecule has 1 heterocycles. The van der Waals surface area contributed by atoms with Gasteiger partial charge in [-0.05, 0) is 18.7 Å². The van der Waals surface area contributed by atoms with Crippen LogP contribution in [0.15, 0.2) is 16.9 Å². The molecule has 0 spiro atoms. The Morgan fingerprint density at radius 1 is 1.62 bits per heavy atom. The topological polar surface area (TPSA) is 74.8 Å². The summed E-state index contributed by atoms with van der Waals surface area (Å²) in [6, 6.07) is 2.84. The third-order valence-corrected chi connectivity index (χ3v) is 2.84. The number of carbonyl (C=O) groups excluding carboxylic acids is 1. The Balaban J connectivity index is 2.64. The van der Waals surface area contributed by atoms with Gasteiger partial charge in [-0.15, -0.1) is 0 Å². The van der Waals surface area contributed by atoms with Crippen molar-refractivity contribution in [2.75, 3.05) is 12.0 Å². The molecule has 0 fully saturated rings. The molecule has 1 aromatic rings. The third-order valence-electron chi connectivity index (χ3n) is 2.11. The summed E-state index contributed by atoms with van der Waals surface area (Å²) in [7, 11) is 0. The lowest BCUT2D eigenvalue weighted by Crippen LogP contribution is -2.36. The van der Waals surface area contributed by atoms with Crippen LogP contribution in [0.1, 0.15) is 23.8 Å². The van der Waals surface area contributed by atoms with E-state index in [0.717, 1.165) is 12.2 Å². The first-order chi connectivity index (χ1) is 7.67. The largest absolute Gasteiger partial charge is 0.347 e. The van der Waals surface area contributed by atoms with Gasteiger partial charge in [0, 0.05) is 17.9 Å². The van der Waals surface area contributed by atoms with Crippen molar-refractivity contribution in [3.63, 3.8) is 0 Å². The highest BCUT2D eigenvalue weighted by Crippen LogP contribution is 2.02. The molecule has 6 heteroatoms. The van der Waals surface area contributed by atoms with Gasteiger partial charge in [0.05, 0.1) is 0 Å². The first-order valence-corrected chi connectivity index (χ1v) is 6.42. The number of nitrogens with zero attached hydrogens (tertiary/aromatic N) is 1. The summed E-state index contributed by atoms with van der Waals surface area (Å²) in [6.07, 6.45) is 2.86. The van der Waals surface area contributed by atoms with E-state index < -0.39 is 0 Å². The SMILES string of the molecule is CCC(CSC)NC(=O)c1ccc(=O)[nH]n1. The molecule has 0 aliphatic rings. The summed E-state index contributed by atoms with van der Waals surface area (Å²) in [5, 5.41) is 8.76. The lowest BCUT2D eigenvalue weighted by molar-refractivity contribution is 0.0934. The van der Waals surface area contributed by atoms with E-state index in [0.29, 0.717) is 0 Å². The average Bonchev–Trinajstić information content (AvgIpc) is 2.29. The summed E-state index contributed by atoms with van der Waals surface area (Å²) < 4.78 is 0. The van der Waals surface area contributed by atoms with E-state index in [1.165, 1.54) is 12.1 Å². The molecular weight excluding hydrogens is 226 g/mol. The maximum atomic E-state index is 11.7. The van der Waals surface area contributed by atoms with Crippen LogP contribution in [-0.4, -0.2) is 34.2 Å². The first-order valence-electron chi connectivity index (χ1n) is 5.03. The second-order valence-corrected chi connectivity index (χ2v) is 4.25. The normalized spacial score (nSPS) is 12.1. The van der Waals surface area contributed by atoms with E-state index in [1.807, 2.05) is 13.2 Å². The maximum Gasteiger partial charge on any atom is 0.271 e. The molecule has 2 N–H and O–H groups in total. The fraction of sp³-hybridized carbons (Fsp3) is 0.500. The summed E-state index contributed by atoms with van der Waals surface area (Å²) >= 11 is 1.68. The molecule has 0 saturated carbocycles. The van der Waals surface area contributed by atoms with Crippen LogP contribution in [0.4, 0.5) is 0 Å². The van der Waals surface area contributed by atoms with E-state index in [9.17, 15) is 9.59 Å². The van der Waals surface area contributed by atoms with Crippen LogP contribution < -0.4 is 10.9 Å². The van der Waals surface area contributed by atoms with E-state index in [4.69, 9.17) is 0 Å². The summed E-state index contributed by atoms with van der Waals surface area (Å²) in [6.45, 7) is 2.02. The van der Waals surface area contributed by atoms with Gasteiger partial charge in [-0.1, -0.05) is 6.92 Å². The van der Waals surface area contributed by atoms with Crippen LogP contribution in [0.3, 0.4) is 0 Å². The Kier molecular flexibility index (Phi) is 5.04. The number of aromatic nitrogens is 2. The number of amides is 1. The van der Waals surface area contributed by atoms with Crippen molar-refractivity contribution in [3.8, 4) is 0 Å². The highest BCUT2D eigenvalue weighted by molar-refractivity contribution is 7.98. The predicted molar refractivity (Wildman–Crippen MR) is 64.8 cm³/mol. The molecule has 0 saturated heterocycles. The van der Waals surface area contributed by atoms with Crippen LogP contribution >= 0.6 is 11.8 Å². The van der Waals surface area contributed by atoms with Gasteiger partial charge < -0.3 is 5.32 Å². The molecule has 88 valence electrons. The second-order valence-electron chi connectivity index (χ2n) is 3.34. The average molecular weight is 241 g/mol. The van der Waals surface area contributed by atoms with Gasteiger partial charge in [0.25, 0.3) is 11.5 Å². The van der Waals surface area contributed by atoms with E-state index >= 15 is 0 Å². The summed E-state index contributed by atoms with van der Waals surface area (Å²) in [5.41, 5.74) is -0.0770. The van der Waals surface area contributed by atoms with E-state index in [-0.39, 0.29) is 23.2 Å². The van der Waals surface area contributed by atoms with Gasteiger partial charge >= 0.3 is 0 Å². The molecule has 0 aliphatic heterocycles. The zero-order chi connectivity index (χ0) is 12.0. The Morgan fingerprint density at radius 2 is 2.38 bits per heavy atom. The predicted octanol–water partition coefficient (Wildman–Crippen LogP) is 0.641. The van der Waals surface area contributed by atoms with Crippen molar-refractivity contribution >= 4 is 17.7 Å². The molecule has 16 heavy (non-hydrogen) atoms. The minimum atomic E-state index is -0.312. The van der Waals surface area contributed by atoms with Gasteiger partial charge in [0.15, 0.2) is 0 Å². The zero-order valence-corrected chi connectivity index (χ0v) is 10.1. The number of thioether (sulfide) groups is 1. The van der Waals surface area contributed by atoms with Gasteiger partial charge in [-0.25, -0.2) is 5.10 Å². The first kappa shape index (κ1) is 12.8. The summed E-state index contributed by atoms with van der Waals surface area (Å²) in [4.78, 5) is 22.5. The fourth-order valence-electron chi connectivity index (χ4n) is 1.19. The van der Waals surface area contributed by atoms with Gasteiger partial charge in [0.1, 0.15) is 5.69 Å². The van der Waals surface area contributed by atoms with Crippen LogP contribution in [0, 0.1) is 0 Å². The number of rotatable bonds is 5. The molecule has 1 unspecified atom stereocenters. The zero-order valence-electron chi connectivity index (χ0n) is 9.32. The molecule has 1 rings (SSSR count). The summed E-state index contributed by atoms with van der Waals surface area (Å²) in [5.74, 6) is 0.614. The second kappa shape index (κ2) is 6.32. The standard InChI is InChI=1S/C10H15N3O2S/c1-3-7(6-16-2)11-10(15)8-4-5-9(14)13-12-8/h4-5,7H,3,6H2,1-2H3,(H,11,15)(H,13,14). The van der Waals surface area contributed by atoms with Crippen molar-refractivity contribution in [1.82, 2.24) is 15.5 Å². The highest BCUT2D eigenvalue weighted by Gasteiger charge is 2.12. The lowest BCUT2D eigenvalue weighted by atomic mass is 10.2. The minimum absolute atomic E-state index is 0.135. The number of nitrogens with one attached hydrogen (secondary N) is 2. The van der Waals surface area contributed by atoms with E-state index in [2.05, 4.69) is 15.5 Å². The number of hydrogen-bond donors (Lipinski definition) is 2. The highest BCUT2D eigenvalue weighted by atomic mass is 32.2. The number of hydrogen-bond acceptors (Lipinski definition) is 4. The van der Waals surface area contributed by atoms with Crippen molar-refractivity contribution in [2.45, 2.75) is 19.4 Å². The number of carbonyl (C=O) groups is 1. The Morgan fingerprint density at radius 3 is 2.88 bits per heavy atom. The fourth-order valence-corrected chi connectivity index (χ4v) is 1.91. The van der Waals surface area contributed by atoms with Gasteiger partial charge in [-0.3, -0.25) is 9.59 Å². The van der Waals surface area contributed by atoms with Crippen LogP contribution in [-0.2, 0) is 0 Å². The van der Waals surface area contributed by atoms with Gasteiger partial charge in [-0.2, -0.15) is 16.9 Å². The molecule has 5 nitrogen and oxygen atoms in total. The monoisotopic (exact) mass is 241 g/mol. The maximum absolute atomic E-state index is 11.7. The van der Waals surface area contributed by atoms with E-state index in [1.54, 1.807) is 11.8 Å². The van der Waals surface area contributed by atoms with Gasteiger partial charge in [0.2, 0.25) is 0 Å². The number of H-pyrrole nitrogens is 1. The molecule has 1 aromatic heterocycles. The number of aromatic amines is 1.